The van der Waals surface area contributed by atoms with Gasteiger partial charge in [0.15, 0.2) is 0 Å². The van der Waals surface area contributed by atoms with Crippen molar-refractivity contribution >= 4 is 17.0 Å². The molecule has 4 rings (SSSR count). The number of aryl methyl sites for hydroxylation is 2. The Morgan fingerprint density at radius 3 is 2.64 bits per heavy atom. The molecule has 1 N–H and O–H groups in total. The summed E-state index contributed by atoms with van der Waals surface area (Å²) in [6.07, 6.45) is 4.94. The molecule has 1 fully saturated rings. The standard InChI is InChI=1S/C31H43N3O5/c1-20-15-24(17-32-29(20)35)28-33-26-16-22(8-10-27(26)34(28)18-23-11-13-38-14-12-23)7-9-25(31(3,4)5)30(36)39-21(2)19-37-6/h8,10,15-17,21,23,25H,7,9,11-14,18-19H2,1-6H3,(H,32,35)/t21?,25-/m1/s1. The third-order valence-electron chi connectivity index (χ3n) is 7.71. The van der Waals surface area contributed by atoms with E-state index >= 15 is 0 Å². The van der Waals surface area contributed by atoms with Crippen LogP contribution in [-0.4, -0.2) is 53.5 Å². The van der Waals surface area contributed by atoms with Crippen LogP contribution in [0.5, 0.6) is 0 Å². The molecule has 39 heavy (non-hydrogen) atoms. The summed E-state index contributed by atoms with van der Waals surface area (Å²) < 4.78 is 18.7. The molecule has 1 aliphatic heterocycles. The minimum absolute atomic E-state index is 0.0864. The van der Waals surface area contributed by atoms with E-state index in [0.29, 0.717) is 24.5 Å². The van der Waals surface area contributed by atoms with Crippen LogP contribution in [0.1, 0.15) is 58.1 Å². The Labute approximate surface area is 231 Å². The van der Waals surface area contributed by atoms with E-state index in [1.165, 1.54) is 0 Å². The summed E-state index contributed by atoms with van der Waals surface area (Å²) in [5.74, 6) is 0.955. The van der Waals surface area contributed by atoms with Crippen molar-refractivity contribution in [2.75, 3.05) is 26.9 Å². The van der Waals surface area contributed by atoms with Gasteiger partial charge in [-0.3, -0.25) is 9.59 Å². The molecule has 0 aliphatic carbocycles. The van der Waals surface area contributed by atoms with Crippen molar-refractivity contribution in [1.29, 1.82) is 0 Å². The first-order valence-electron chi connectivity index (χ1n) is 14.0. The van der Waals surface area contributed by atoms with Crippen LogP contribution in [-0.2, 0) is 32.0 Å². The van der Waals surface area contributed by atoms with Gasteiger partial charge in [0.1, 0.15) is 11.9 Å². The molecule has 3 heterocycles. The van der Waals surface area contributed by atoms with Crippen LogP contribution in [0.4, 0.5) is 0 Å². The van der Waals surface area contributed by atoms with E-state index in [2.05, 4.69) is 48.5 Å². The van der Waals surface area contributed by atoms with Crippen LogP contribution in [0, 0.1) is 24.2 Å². The molecule has 2 atom stereocenters. The first kappa shape index (κ1) is 29.0. The molecule has 2 aromatic heterocycles. The van der Waals surface area contributed by atoms with Gasteiger partial charge in [0, 0.05) is 44.2 Å². The number of hydrogen-bond acceptors (Lipinski definition) is 6. The molecule has 1 aromatic carbocycles. The molecular formula is C31H43N3O5. The number of imidazole rings is 1. The van der Waals surface area contributed by atoms with Crippen molar-refractivity contribution in [3.63, 3.8) is 0 Å². The summed E-state index contributed by atoms with van der Waals surface area (Å²) in [5, 5.41) is 0. The number of hydrogen-bond donors (Lipinski definition) is 1. The van der Waals surface area contributed by atoms with E-state index in [1.54, 1.807) is 13.3 Å². The highest BCUT2D eigenvalue weighted by Gasteiger charge is 2.33. The number of pyridine rings is 1. The summed E-state index contributed by atoms with van der Waals surface area (Å²) >= 11 is 0. The van der Waals surface area contributed by atoms with E-state index in [-0.39, 0.29) is 29.0 Å². The molecule has 0 bridgehead atoms. The van der Waals surface area contributed by atoms with Crippen molar-refractivity contribution in [2.45, 2.75) is 73.0 Å². The zero-order chi connectivity index (χ0) is 28.2. The van der Waals surface area contributed by atoms with E-state index in [9.17, 15) is 9.59 Å². The SMILES string of the molecule is COCC(C)OC(=O)[C@@H](CCc1ccc2c(c1)nc(-c1c[nH]c(=O)c(C)c1)n2CC1CCOCC1)C(C)(C)C. The van der Waals surface area contributed by atoms with Gasteiger partial charge in [-0.25, -0.2) is 4.98 Å². The first-order chi connectivity index (χ1) is 18.6. The molecular weight excluding hydrogens is 494 g/mol. The Kier molecular flexibility index (Phi) is 9.28. The second-order valence-corrected chi connectivity index (χ2v) is 12.0. The van der Waals surface area contributed by atoms with Gasteiger partial charge in [-0.2, -0.15) is 0 Å². The number of H-pyrrole nitrogens is 1. The van der Waals surface area contributed by atoms with E-state index in [4.69, 9.17) is 19.2 Å². The Bertz CT molecular complexity index is 1330. The molecule has 0 spiro atoms. The number of nitrogens with zero attached hydrogens (tertiary/aromatic N) is 2. The average Bonchev–Trinajstić information content (AvgIpc) is 3.23. The number of carbonyl (C=O) groups excluding carboxylic acids is 1. The maximum atomic E-state index is 13.0. The molecule has 0 amide bonds. The fourth-order valence-electron chi connectivity index (χ4n) is 5.41. The summed E-state index contributed by atoms with van der Waals surface area (Å²) in [6, 6.07) is 8.33. The number of aromatic nitrogens is 3. The summed E-state index contributed by atoms with van der Waals surface area (Å²) in [6.45, 7) is 12.7. The lowest BCUT2D eigenvalue weighted by Crippen LogP contribution is -2.33. The van der Waals surface area contributed by atoms with Crippen LogP contribution in [0.3, 0.4) is 0 Å². The number of esters is 1. The second-order valence-electron chi connectivity index (χ2n) is 12.0. The Balaban J connectivity index is 1.62. The smallest absolute Gasteiger partial charge is 0.309 e. The largest absolute Gasteiger partial charge is 0.460 e. The minimum atomic E-state index is -0.279. The number of fused-ring (bicyclic) bond motifs is 1. The van der Waals surface area contributed by atoms with Crippen molar-refractivity contribution in [1.82, 2.24) is 14.5 Å². The third-order valence-corrected chi connectivity index (χ3v) is 7.71. The van der Waals surface area contributed by atoms with Gasteiger partial charge in [-0.1, -0.05) is 26.8 Å². The fourth-order valence-corrected chi connectivity index (χ4v) is 5.41. The molecule has 8 heteroatoms. The lowest BCUT2D eigenvalue weighted by Gasteiger charge is -2.30. The predicted octanol–water partition coefficient (Wildman–Crippen LogP) is 5.30. The number of rotatable bonds is 10. The van der Waals surface area contributed by atoms with Crippen molar-refractivity contribution in [3.05, 3.63) is 51.9 Å². The highest BCUT2D eigenvalue weighted by molar-refractivity contribution is 5.81. The maximum Gasteiger partial charge on any atom is 0.309 e. The first-order valence-corrected chi connectivity index (χ1v) is 14.0. The molecule has 0 radical (unpaired) electrons. The van der Waals surface area contributed by atoms with Gasteiger partial charge in [0.2, 0.25) is 0 Å². The molecule has 8 nitrogen and oxygen atoms in total. The summed E-state index contributed by atoms with van der Waals surface area (Å²) in [4.78, 5) is 33.0. The van der Waals surface area contributed by atoms with Gasteiger partial charge < -0.3 is 23.8 Å². The highest BCUT2D eigenvalue weighted by Crippen LogP contribution is 2.33. The zero-order valence-corrected chi connectivity index (χ0v) is 24.2. The molecule has 3 aromatic rings. The van der Waals surface area contributed by atoms with Gasteiger partial charge in [0.05, 0.1) is 23.6 Å². The summed E-state index contributed by atoms with van der Waals surface area (Å²) in [5.41, 5.74) is 4.38. The number of ether oxygens (including phenoxy) is 3. The Morgan fingerprint density at radius 2 is 1.97 bits per heavy atom. The van der Waals surface area contributed by atoms with Gasteiger partial charge >= 0.3 is 5.97 Å². The second kappa shape index (κ2) is 12.5. The molecule has 1 aliphatic rings. The van der Waals surface area contributed by atoms with Crippen LogP contribution >= 0.6 is 0 Å². The van der Waals surface area contributed by atoms with E-state index in [0.717, 1.165) is 67.0 Å². The van der Waals surface area contributed by atoms with Crippen LogP contribution in [0.25, 0.3) is 22.4 Å². The van der Waals surface area contributed by atoms with Crippen LogP contribution in [0.2, 0.25) is 0 Å². The average molecular weight is 538 g/mol. The Hall–Kier alpha value is -2.97. The zero-order valence-electron chi connectivity index (χ0n) is 24.2. The number of carbonyl (C=O) groups is 1. The molecule has 212 valence electrons. The van der Waals surface area contributed by atoms with E-state index in [1.807, 2.05) is 19.9 Å². The van der Waals surface area contributed by atoms with Crippen molar-refractivity contribution in [3.8, 4) is 11.4 Å². The number of aromatic amines is 1. The molecule has 1 unspecified atom stereocenters. The molecule has 0 saturated carbocycles. The number of methoxy groups -OCH3 is 1. The monoisotopic (exact) mass is 537 g/mol. The quantitative estimate of drug-likeness (QED) is 0.353. The van der Waals surface area contributed by atoms with Crippen molar-refractivity contribution in [2.24, 2.45) is 17.3 Å². The number of benzene rings is 1. The lowest BCUT2D eigenvalue weighted by atomic mass is 9.77. The normalized spacial score (nSPS) is 16.4. The lowest BCUT2D eigenvalue weighted by molar-refractivity contribution is -0.159. The van der Waals surface area contributed by atoms with Gasteiger partial charge in [-0.05, 0) is 74.6 Å². The number of nitrogens with one attached hydrogen (secondary N) is 1. The van der Waals surface area contributed by atoms with Crippen molar-refractivity contribution < 1.29 is 19.0 Å². The van der Waals surface area contributed by atoms with E-state index < -0.39 is 0 Å². The maximum absolute atomic E-state index is 13.0. The third kappa shape index (κ3) is 7.17. The fraction of sp³-hybridized carbons (Fsp3) is 0.581. The van der Waals surface area contributed by atoms with Crippen LogP contribution < -0.4 is 5.56 Å². The predicted molar refractivity (Wildman–Crippen MR) is 153 cm³/mol. The van der Waals surface area contributed by atoms with Gasteiger partial charge in [-0.15, -0.1) is 0 Å². The topological polar surface area (TPSA) is 95.4 Å². The Morgan fingerprint density at radius 1 is 1.23 bits per heavy atom. The van der Waals surface area contributed by atoms with Crippen LogP contribution in [0.15, 0.2) is 35.3 Å². The summed E-state index contributed by atoms with van der Waals surface area (Å²) in [7, 11) is 1.61. The molecule has 1 saturated heterocycles. The minimum Gasteiger partial charge on any atom is -0.460 e. The van der Waals surface area contributed by atoms with Gasteiger partial charge in [0.25, 0.3) is 5.56 Å². The highest BCUT2D eigenvalue weighted by atomic mass is 16.6.